The predicted molar refractivity (Wildman–Crippen MR) is 78.3 cm³/mol. The van der Waals surface area contributed by atoms with Crippen LogP contribution >= 0.6 is 12.0 Å². The summed E-state index contributed by atoms with van der Waals surface area (Å²) in [6, 6.07) is 15.1. The smallest absolute Gasteiger partial charge is 0.412 e. The average Bonchev–Trinajstić information content (AvgIpc) is 2.87. The number of esters is 1. The zero-order valence-corrected chi connectivity index (χ0v) is 12.5. The summed E-state index contributed by atoms with van der Waals surface area (Å²) in [4.78, 5) is 11.4. The van der Waals surface area contributed by atoms with E-state index in [0.29, 0.717) is 0 Å². The van der Waals surface area contributed by atoms with E-state index in [0.717, 1.165) is 22.3 Å². The Labute approximate surface area is 135 Å². The second-order valence-corrected chi connectivity index (χ2v) is 5.81. The molecule has 1 aliphatic carbocycles. The molecule has 4 nitrogen and oxygen atoms in total. The normalized spacial score (nSPS) is 13.5. The number of rotatable bonds is 5. The van der Waals surface area contributed by atoms with Crippen molar-refractivity contribution in [3.05, 3.63) is 59.7 Å². The number of ether oxygens (including phenoxy) is 1. The van der Waals surface area contributed by atoms with Crippen molar-refractivity contribution in [1.29, 1.82) is 0 Å². The lowest BCUT2D eigenvalue weighted by molar-refractivity contribution is -0.630. The number of hydrogen-bond acceptors (Lipinski definition) is 5. The highest BCUT2D eigenvalue weighted by atomic mass is 32.2. The topological polar surface area (TPSA) is 58.6 Å². The average molecular weight is 337 g/mol. The molecule has 0 spiro atoms. The van der Waals surface area contributed by atoms with E-state index in [-0.39, 0.29) is 12.5 Å². The fourth-order valence-electron chi connectivity index (χ4n) is 2.76. The maximum Gasteiger partial charge on any atom is 0.412 e. The third-order valence-electron chi connectivity index (χ3n) is 3.72. The molecule has 1 aliphatic rings. The van der Waals surface area contributed by atoms with Gasteiger partial charge in [-0.05, 0) is 22.3 Å². The predicted octanol–water partition coefficient (Wildman–Crippen LogP) is 2.88. The Morgan fingerprint density at radius 3 is 2.13 bits per heavy atom. The first kappa shape index (κ1) is 15.9. The highest BCUT2D eigenvalue weighted by molar-refractivity contribution is 7.96. The summed E-state index contributed by atoms with van der Waals surface area (Å²) in [7, 11) is 0. The van der Waals surface area contributed by atoms with Crippen LogP contribution in [0.1, 0.15) is 17.0 Å². The lowest BCUT2D eigenvalue weighted by Crippen LogP contribution is -2.29. The Balaban J connectivity index is 1.82. The summed E-state index contributed by atoms with van der Waals surface area (Å²) in [5.74, 6) is -2.11. The monoisotopic (exact) mass is 337 g/mol. The number of fused-ring (bicyclic) bond motifs is 3. The fraction of sp³-hybridized carbons (Fsp3) is 0.188. The van der Waals surface area contributed by atoms with Gasteiger partial charge < -0.3 is 14.3 Å². The van der Waals surface area contributed by atoms with Gasteiger partial charge in [0.25, 0.3) is 0 Å². The van der Waals surface area contributed by atoms with Crippen molar-refractivity contribution < 1.29 is 27.9 Å². The molecule has 23 heavy (non-hydrogen) atoms. The molecule has 0 saturated heterocycles. The quantitative estimate of drug-likeness (QED) is 0.363. The molecule has 0 unspecified atom stereocenters. The van der Waals surface area contributed by atoms with Gasteiger partial charge in [0.1, 0.15) is 6.61 Å². The Hall–Kier alpha value is -1.96. The summed E-state index contributed by atoms with van der Waals surface area (Å²) in [5, 5.41) is 5.78. The number of carbonyl (C=O) groups is 1. The number of benzene rings is 2. The third kappa shape index (κ3) is 2.95. The van der Waals surface area contributed by atoms with E-state index in [2.05, 4.69) is 4.33 Å². The van der Waals surface area contributed by atoms with Gasteiger partial charge in [-0.25, -0.2) is 4.79 Å². The van der Waals surface area contributed by atoms with Crippen LogP contribution in [0.3, 0.4) is 0 Å². The molecule has 0 aromatic heterocycles. The molecule has 7 heteroatoms. The van der Waals surface area contributed by atoms with Crippen molar-refractivity contribution in [2.24, 2.45) is 0 Å². The molecule has 0 saturated carbocycles. The molecule has 0 fully saturated rings. The van der Waals surface area contributed by atoms with Gasteiger partial charge in [0, 0.05) is 5.92 Å². The highest BCUT2D eigenvalue weighted by Crippen LogP contribution is 2.44. The highest BCUT2D eigenvalue weighted by Gasteiger charge is 2.43. The van der Waals surface area contributed by atoms with E-state index in [1.165, 1.54) is 0 Å². The van der Waals surface area contributed by atoms with E-state index in [9.17, 15) is 18.8 Å². The molecule has 120 valence electrons. The minimum absolute atomic E-state index is 0.234. The van der Waals surface area contributed by atoms with E-state index in [4.69, 9.17) is 4.74 Å². The molecule has 0 radical (unpaired) electrons. The lowest BCUT2D eigenvalue weighted by Gasteiger charge is -2.18. The molecule has 0 atom stereocenters. The second-order valence-electron chi connectivity index (χ2n) is 4.99. The van der Waals surface area contributed by atoms with Gasteiger partial charge in [-0.2, -0.15) is 8.78 Å². The van der Waals surface area contributed by atoms with Crippen LogP contribution < -0.4 is 5.26 Å². The van der Waals surface area contributed by atoms with Gasteiger partial charge in [0.2, 0.25) is 0 Å². The Morgan fingerprint density at radius 1 is 1.09 bits per heavy atom. The molecular formula is C16H11F2O4S-. The molecule has 0 N–H and O–H groups in total. The van der Waals surface area contributed by atoms with Gasteiger partial charge in [-0.3, -0.25) is 0 Å². The van der Waals surface area contributed by atoms with Crippen LogP contribution in [0, 0.1) is 0 Å². The summed E-state index contributed by atoms with van der Waals surface area (Å²) in [6.45, 7) is -0.234. The molecule has 0 aliphatic heterocycles. The Morgan fingerprint density at radius 2 is 1.61 bits per heavy atom. The van der Waals surface area contributed by atoms with Crippen LogP contribution in [0.2, 0.25) is 0 Å². The zero-order chi connectivity index (χ0) is 16.4. The van der Waals surface area contributed by atoms with E-state index in [1.807, 2.05) is 48.5 Å². The molecule has 3 rings (SSSR count). The first-order valence-electron chi connectivity index (χ1n) is 6.75. The van der Waals surface area contributed by atoms with Crippen molar-refractivity contribution in [2.75, 3.05) is 6.61 Å². The van der Waals surface area contributed by atoms with Crippen LogP contribution in [-0.2, 0) is 13.9 Å². The van der Waals surface area contributed by atoms with Crippen LogP contribution in [-0.4, -0.2) is 17.8 Å². The number of hydrogen-bond donors (Lipinski definition) is 0. The van der Waals surface area contributed by atoms with Gasteiger partial charge >= 0.3 is 11.2 Å². The molecule has 0 amide bonds. The number of halogens is 2. The molecule has 0 heterocycles. The van der Waals surface area contributed by atoms with E-state index in [1.54, 1.807) is 0 Å². The third-order valence-corrected chi connectivity index (χ3v) is 4.16. The summed E-state index contributed by atoms with van der Waals surface area (Å²) < 4.78 is 34.2. The molecule has 2 aromatic carbocycles. The SMILES string of the molecule is O=C(OCC1c2ccccc2-c2ccccc21)C(F)(F)SO[O-]. The van der Waals surface area contributed by atoms with Crippen LogP contribution in [0.5, 0.6) is 0 Å². The summed E-state index contributed by atoms with van der Waals surface area (Å²) in [5.41, 5.74) is 3.82. The minimum Gasteiger partial charge on any atom is -0.710 e. The first-order valence-corrected chi connectivity index (χ1v) is 7.49. The number of carbonyl (C=O) groups excluding carboxylic acids is 1. The van der Waals surface area contributed by atoms with Gasteiger partial charge in [0.05, 0.1) is 12.0 Å². The first-order chi connectivity index (χ1) is 11.0. The summed E-state index contributed by atoms with van der Waals surface area (Å²) in [6.07, 6.45) is 0. The lowest BCUT2D eigenvalue weighted by atomic mass is 9.98. The van der Waals surface area contributed by atoms with Gasteiger partial charge in [-0.1, -0.05) is 48.5 Å². The van der Waals surface area contributed by atoms with Gasteiger partial charge in [0.15, 0.2) is 0 Å². The Kier molecular flexibility index (Phi) is 4.34. The van der Waals surface area contributed by atoms with Crippen molar-refractivity contribution in [2.45, 2.75) is 11.2 Å². The van der Waals surface area contributed by atoms with Crippen LogP contribution in [0.4, 0.5) is 8.78 Å². The molecule has 2 aromatic rings. The summed E-state index contributed by atoms with van der Waals surface area (Å²) >= 11 is -0.768. The van der Waals surface area contributed by atoms with Crippen molar-refractivity contribution in [3.63, 3.8) is 0 Å². The zero-order valence-electron chi connectivity index (χ0n) is 11.7. The van der Waals surface area contributed by atoms with Crippen molar-refractivity contribution >= 4 is 18.0 Å². The maximum absolute atomic E-state index is 13.2. The number of alkyl halides is 2. The van der Waals surface area contributed by atoms with E-state index < -0.39 is 23.3 Å². The second kappa shape index (κ2) is 6.27. The van der Waals surface area contributed by atoms with E-state index >= 15 is 0 Å². The maximum atomic E-state index is 13.2. The minimum atomic E-state index is -4.03. The Bertz CT molecular complexity index is 690. The molecular weight excluding hydrogens is 326 g/mol. The van der Waals surface area contributed by atoms with Gasteiger partial charge in [-0.15, -0.1) is 0 Å². The standard InChI is InChI=1S/C16H12F2O4S/c17-16(18,23-22-20)15(19)21-9-14-12-7-3-1-5-10(12)11-6-2-4-8-13(11)14/h1-8,14,20H,9H2/p-1. The van der Waals surface area contributed by atoms with Crippen molar-refractivity contribution in [3.8, 4) is 11.1 Å². The molecule has 0 bridgehead atoms. The van der Waals surface area contributed by atoms with Crippen molar-refractivity contribution in [1.82, 2.24) is 0 Å². The fourth-order valence-corrected chi connectivity index (χ4v) is 2.97. The largest absolute Gasteiger partial charge is 0.710 e. The van der Waals surface area contributed by atoms with Crippen LogP contribution in [0.15, 0.2) is 48.5 Å². The van der Waals surface area contributed by atoms with Crippen LogP contribution in [0.25, 0.3) is 11.1 Å².